The fraction of sp³-hybridized carbons (Fsp3) is 0.323. The smallest absolute Gasteiger partial charge is 0.226 e. The lowest BCUT2D eigenvalue weighted by atomic mass is 9.98. The first-order valence-corrected chi connectivity index (χ1v) is 12.1. The average Bonchev–Trinajstić information content (AvgIpc) is 3.25. The van der Waals surface area contributed by atoms with Gasteiger partial charge in [-0.2, -0.15) is 4.99 Å². The van der Waals surface area contributed by atoms with E-state index >= 15 is 0 Å². The van der Waals surface area contributed by atoms with Crippen molar-refractivity contribution >= 4 is 17.4 Å². The molecular weight excluding hydrogens is 464 g/mol. The molecule has 6 nitrogen and oxygen atoms in total. The number of hydrogen-bond acceptors (Lipinski definition) is 6. The molecule has 0 aromatic heterocycles. The number of hydrogen-bond donors (Lipinski definition) is 0. The Morgan fingerprint density at radius 2 is 1.78 bits per heavy atom. The molecule has 0 radical (unpaired) electrons. The van der Waals surface area contributed by atoms with Crippen molar-refractivity contribution in [2.45, 2.75) is 33.9 Å². The van der Waals surface area contributed by atoms with Crippen molar-refractivity contribution in [3.63, 3.8) is 0 Å². The van der Waals surface area contributed by atoms with E-state index in [2.05, 4.69) is 67.8 Å². The lowest BCUT2D eigenvalue weighted by Gasteiger charge is -2.15. The second kappa shape index (κ2) is 12.8. The third-order valence-electron chi connectivity index (χ3n) is 5.40. The summed E-state index contributed by atoms with van der Waals surface area (Å²) in [6.45, 7) is 8.29. The minimum Gasteiger partial charge on any atom is -0.493 e. The van der Waals surface area contributed by atoms with Gasteiger partial charge in [0.25, 0.3) is 0 Å². The van der Waals surface area contributed by atoms with Gasteiger partial charge < -0.3 is 14.2 Å². The second-order valence-electron chi connectivity index (χ2n) is 9.73. The van der Waals surface area contributed by atoms with Gasteiger partial charge >= 0.3 is 0 Å². The van der Waals surface area contributed by atoms with Crippen LogP contribution in [0.15, 0.2) is 77.1 Å². The Kier molecular flexibility index (Phi) is 9.51. The van der Waals surface area contributed by atoms with Gasteiger partial charge in [-0.3, -0.25) is 4.90 Å². The molecule has 1 aliphatic heterocycles. The molecule has 6 heteroatoms. The van der Waals surface area contributed by atoms with Crippen LogP contribution in [0.25, 0.3) is 5.57 Å². The van der Waals surface area contributed by atoms with Crippen LogP contribution in [0.5, 0.6) is 5.75 Å². The standard InChI is InChI=1S/C31H34N2O4/c1-31(2,3)16-8-7-9-17-33(4)20-23-12-11-15-26(19-23)37-22-24-13-10-14-25(18-24)28-29(35-5)27(21-34)32-30(28)36-6/h7,9-15,18-19H,17,20,22H2,1-6H3. The third kappa shape index (κ3) is 7.98. The lowest BCUT2D eigenvalue weighted by molar-refractivity contribution is 0.303. The average molecular weight is 499 g/mol. The van der Waals surface area contributed by atoms with Crippen LogP contribution in [-0.4, -0.2) is 44.6 Å². The van der Waals surface area contributed by atoms with Gasteiger partial charge in [0.2, 0.25) is 5.90 Å². The Balaban J connectivity index is 1.64. The van der Waals surface area contributed by atoms with Crippen molar-refractivity contribution in [2.75, 3.05) is 27.8 Å². The van der Waals surface area contributed by atoms with E-state index in [9.17, 15) is 4.79 Å². The third-order valence-corrected chi connectivity index (χ3v) is 5.40. The van der Waals surface area contributed by atoms with E-state index < -0.39 is 0 Å². The fourth-order valence-corrected chi connectivity index (χ4v) is 3.74. The summed E-state index contributed by atoms with van der Waals surface area (Å²) in [5, 5.41) is 0. The number of rotatable bonds is 9. The SMILES string of the molecule is COC1=NC(=C=O)C(OC)=C1c1cccc(COc2cccc(CN(C)CC=CC#CC(C)(C)C)c2)c1. The van der Waals surface area contributed by atoms with Crippen LogP contribution in [0.2, 0.25) is 0 Å². The Morgan fingerprint density at radius 1 is 1.03 bits per heavy atom. The Morgan fingerprint density at radius 3 is 2.49 bits per heavy atom. The predicted octanol–water partition coefficient (Wildman–Crippen LogP) is 5.43. The maximum absolute atomic E-state index is 11.3. The summed E-state index contributed by atoms with van der Waals surface area (Å²) in [5.41, 5.74) is 3.66. The van der Waals surface area contributed by atoms with Gasteiger partial charge in [-0.1, -0.05) is 48.2 Å². The fourth-order valence-electron chi connectivity index (χ4n) is 3.74. The number of aliphatic imine (C=N–C) groups is 1. The van der Waals surface area contributed by atoms with Crippen LogP contribution >= 0.6 is 0 Å². The number of allylic oxidation sites excluding steroid dienone is 1. The van der Waals surface area contributed by atoms with Gasteiger partial charge in [-0.05, 0) is 68.8 Å². The molecular formula is C31H34N2O4. The molecule has 0 saturated carbocycles. The van der Waals surface area contributed by atoms with Gasteiger partial charge in [0, 0.05) is 18.5 Å². The molecule has 0 bridgehead atoms. The molecule has 0 fully saturated rings. The molecule has 0 saturated heterocycles. The minimum absolute atomic E-state index is 0.0109. The normalized spacial score (nSPS) is 13.4. The molecule has 0 amide bonds. The molecule has 0 N–H and O–H groups in total. The molecule has 1 aliphatic rings. The monoisotopic (exact) mass is 498 g/mol. The van der Waals surface area contributed by atoms with Gasteiger partial charge in [0.15, 0.2) is 17.4 Å². The molecule has 0 spiro atoms. The van der Waals surface area contributed by atoms with Crippen LogP contribution in [0.4, 0.5) is 0 Å². The van der Waals surface area contributed by atoms with Gasteiger partial charge in [-0.15, -0.1) is 0 Å². The van der Waals surface area contributed by atoms with Crippen LogP contribution in [0, 0.1) is 17.3 Å². The summed E-state index contributed by atoms with van der Waals surface area (Å²) in [6.07, 6.45) is 4.00. The second-order valence-corrected chi connectivity index (χ2v) is 9.73. The van der Waals surface area contributed by atoms with Crippen molar-refractivity contribution < 1.29 is 19.0 Å². The van der Waals surface area contributed by atoms with Gasteiger partial charge in [0.05, 0.1) is 19.8 Å². The number of carbonyl (C=O) groups excluding carboxylic acids is 1. The summed E-state index contributed by atoms with van der Waals surface area (Å²) in [7, 11) is 5.08. The van der Waals surface area contributed by atoms with Gasteiger partial charge in [-0.25, -0.2) is 4.79 Å². The van der Waals surface area contributed by atoms with Crippen molar-refractivity contribution in [1.82, 2.24) is 4.90 Å². The maximum atomic E-state index is 11.3. The number of benzene rings is 2. The molecule has 0 atom stereocenters. The van der Waals surface area contributed by atoms with E-state index in [1.807, 2.05) is 48.4 Å². The Hall–Kier alpha value is -4.04. The quantitative estimate of drug-likeness (QED) is 0.341. The van der Waals surface area contributed by atoms with Crippen molar-refractivity contribution in [3.05, 3.63) is 88.8 Å². The zero-order valence-electron chi connectivity index (χ0n) is 22.4. The lowest BCUT2D eigenvalue weighted by Crippen LogP contribution is -2.17. The van der Waals surface area contributed by atoms with E-state index in [1.54, 1.807) is 0 Å². The molecule has 2 aromatic carbocycles. The summed E-state index contributed by atoms with van der Waals surface area (Å²) in [4.78, 5) is 17.7. The van der Waals surface area contributed by atoms with Crippen LogP contribution in [0.3, 0.4) is 0 Å². The summed E-state index contributed by atoms with van der Waals surface area (Å²) >= 11 is 0. The Labute approximate surface area is 220 Å². The number of nitrogens with zero attached hydrogens (tertiary/aromatic N) is 2. The largest absolute Gasteiger partial charge is 0.493 e. The highest BCUT2D eigenvalue weighted by Gasteiger charge is 2.28. The first-order valence-electron chi connectivity index (χ1n) is 12.1. The van der Waals surface area contributed by atoms with E-state index in [0.29, 0.717) is 23.8 Å². The number of ether oxygens (including phenoxy) is 3. The van der Waals surface area contributed by atoms with E-state index in [4.69, 9.17) is 14.2 Å². The zero-order chi connectivity index (χ0) is 26.8. The highest BCUT2D eigenvalue weighted by atomic mass is 16.5. The molecule has 192 valence electrons. The first kappa shape index (κ1) is 27.5. The van der Waals surface area contributed by atoms with E-state index in [0.717, 1.165) is 35.5 Å². The highest BCUT2D eigenvalue weighted by Crippen LogP contribution is 2.32. The van der Waals surface area contributed by atoms with Crippen molar-refractivity contribution in [2.24, 2.45) is 10.4 Å². The van der Waals surface area contributed by atoms with Crippen LogP contribution < -0.4 is 4.74 Å². The van der Waals surface area contributed by atoms with E-state index in [-0.39, 0.29) is 11.1 Å². The van der Waals surface area contributed by atoms with Crippen LogP contribution in [0.1, 0.15) is 37.5 Å². The number of methoxy groups -OCH3 is 2. The molecule has 2 aromatic rings. The highest BCUT2D eigenvalue weighted by molar-refractivity contribution is 6.24. The topological polar surface area (TPSA) is 60.4 Å². The van der Waals surface area contributed by atoms with Crippen molar-refractivity contribution in [3.8, 4) is 17.6 Å². The predicted molar refractivity (Wildman–Crippen MR) is 148 cm³/mol. The first-order chi connectivity index (χ1) is 17.7. The molecule has 1 heterocycles. The summed E-state index contributed by atoms with van der Waals surface area (Å²) in [5.74, 6) is 9.58. The molecule has 37 heavy (non-hydrogen) atoms. The molecule has 3 rings (SSSR count). The maximum Gasteiger partial charge on any atom is 0.226 e. The van der Waals surface area contributed by atoms with E-state index in [1.165, 1.54) is 14.2 Å². The Bertz CT molecular complexity index is 1310. The van der Waals surface area contributed by atoms with Crippen LogP contribution in [-0.2, 0) is 27.4 Å². The molecule has 0 aliphatic carbocycles. The zero-order valence-corrected chi connectivity index (χ0v) is 22.4. The molecule has 0 unspecified atom stereocenters. The number of likely N-dealkylation sites (N-methyl/N-ethyl adjacent to an activating group) is 1. The minimum atomic E-state index is 0.0109. The summed E-state index contributed by atoms with van der Waals surface area (Å²) in [6, 6.07) is 15.9. The van der Waals surface area contributed by atoms with Crippen molar-refractivity contribution in [1.29, 1.82) is 0 Å². The summed E-state index contributed by atoms with van der Waals surface area (Å²) < 4.78 is 16.9. The van der Waals surface area contributed by atoms with Gasteiger partial charge in [0.1, 0.15) is 12.4 Å².